The molecule has 0 unspecified atom stereocenters. The number of amides is 1. The van der Waals surface area contributed by atoms with Crippen LogP contribution in [0.3, 0.4) is 0 Å². The van der Waals surface area contributed by atoms with Gasteiger partial charge in [0.15, 0.2) is 11.6 Å². The van der Waals surface area contributed by atoms with Crippen molar-refractivity contribution < 1.29 is 18.3 Å². The molecule has 0 atom stereocenters. The minimum Gasteiger partial charge on any atom is -0.486 e. The van der Waals surface area contributed by atoms with Gasteiger partial charge in [0.05, 0.1) is 6.42 Å². The van der Waals surface area contributed by atoms with Gasteiger partial charge >= 0.3 is 0 Å². The minimum atomic E-state index is -1.03. The Labute approximate surface area is 120 Å². The van der Waals surface area contributed by atoms with Crippen molar-refractivity contribution in [3.05, 3.63) is 65.2 Å². The quantitative estimate of drug-likeness (QED) is 0.504. The van der Waals surface area contributed by atoms with Crippen LogP contribution < -0.4 is 16.0 Å². The summed E-state index contributed by atoms with van der Waals surface area (Å²) in [6, 6.07) is 10.7. The molecule has 0 aliphatic carbocycles. The molecule has 3 N–H and O–H groups in total. The molecule has 0 saturated carbocycles. The number of nitrogens with two attached hydrogens (primary N) is 1. The molecule has 6 heteroatoms. The highest BCUT2D eigenvalue weighted by molar-refractivity contribution is 5.78. The van der Waals surface area contributed by atoms with Crippen molar-refractivity contribution in [1.29, 1.82) is 0 Å². The third kappa shape index (κ3) is 3.76. The first-order chi connectivity index (χ1) is 10.1. The highest BCUT2D eigenvalue weighted by atomic mass is 19.2. The van der Waals surface area contributed by atoms with Gasteiger partial charge in [0.2, 0.25) is 11.7 Å². The van der Waals surface area contributed by atoms with E-state index in [0.29, 0.717) is 11.1 Å². The Balaban J connectivity index is 2.13. The highest BCUT2D eigenvalue weighted by Crippen LogP contribution is 2.21. The number of carbonyl (C=O) groups excluding carboxylic acids is 1. The second kappa shape index (κ2) is 6.81. The first-order valence-electron chi connectivity index (χ1n) is 6.25. The Morgan fingerprint density at radius 2 is 1.81 bits per heavy atom. The van der Waals surface area contributed by atoms with Crippen molar-refractivity contribution in [1.82, 2.24) is 5.43 Å². The number of hydrogen-bond acceptors (Lipinski definition) is 3. The predicted octanol–water partition coefficient (Wildman–Crippen LogP) is 2.08. The highest BCUT2D eigenvalue weighted by Gasteiger charge is 2.11. The van der Waals surface area contributed by atoms with Crippen molar-refractivity contribution in [3.8, 4) is 5.75 Å². The standard InChI is InChI=1S/C15H14F2N2O2/c16-12-6-3-7-13(15(12)17)21-9-11-5-2-1-4-10(11)8-14(20)19-18/h1-7H,8-9,18H2,(H,19,20). The van der Waals surface area contributed by atoms with Crippen LogP contribution in [0, 0.1) is 11.6 Å². The molecule has 2 rings (SSSR count). The second-order valence-corrected chi connectivity index (χ2v) is 4.35. The molecule has 0 saturated heterocycles. The number of carbonyl (C=O) groups is 1. The van der Waals surface area contributed by atoms with Gasteiger partial charge in [-0.1, -0.05) is 30.3 Å². The Hall–Kier alpha value is -2.47. The molecule has 0 spiro atoms. The zero-order valence-electron chi connectivity index (χ0n) is 11.1. The molecule has 0 aromatic heterocycles. The molecule has 1 amide bonds. The number of benzene rings is 2. The van der Waals surface area contributed by atoms with E-state index in [2.05, 4.69) is 0 Å². The van der Waals surface area contributed by atoms with Crippen molar-refractivity contribution in [2.75, 3.05) is 0 Å². The predicted molar refractivity (Wildman–Crippen MR) is 73.2 cm³/mol. The van der Waals surface area contributed by atoms with Gasteiger partial charge in [0, 0.05) is 0 Å². The lowest BCUT2D eigenvalue weighted by molar-refractivity contribution is -0.120. The summed E-state index contributed by atoms with van der Waals surface area (Å²) in [6.45, 7) is 0.0222. The van der Waals surface area contributed by atoms with E-state index >= 15 is 0 Å². The molecule has 4 nitrogen and oxygen atoms in total. The van der Waals surface area contributed by atoms with Gasteiger partial charge in [-0.25, -0.2) is 10.2 Å². The molecule has 2 aromatic rings. The van der Waals surface area contributed by atoms with Crippen LogP contribution in [0.25, 0.3) is 0 Å². The second-order valence-electron chi connectivity index (χ2n) is 4.35. The van der Waals surface area contributed by atoms with Crippen molar-refractivity contribution in [2.45, 2.75) is 13.0 Å². The summed E-state index contributed by atoms with van der Waals surface area (Å²) in [4.78, 5) is 11.3. The Morgan fingerprint density at radius 1 is 1.10 bits per heavy atom. The maximum Gasteiger partial charge on any atom is 0.238 e. The zero-order chi connectivity index (χ0) is 15.2. The van der Waals surface area contributed by atoms with Gasteiger partial charge in [0.1, 0.15) is 6.61 Å². The van der Waals surface area contributed by atoms with Crippen LogP contribution in [-0.4, -0.2) is 5.91 Å². The van der Waals surface area contributed by atoms with Crippen LogP contribution in [0.2, 0.25) is 0 Å². The van der Waals surface area contributed by atoms with Gasteiger partial charge in [-0.15, -0.1) is 0 Å². The summed E-state index contributed by atoms with van der Waals surface area (Å²) in [5.74, 6) is 2.53. The molecular weight excluding hydrogens is 278 g/mol. The van der Waals surface area contributed by atoms with E-state index in [4.69, 9.17) is 10.6 Å². The monoisotopic (exact) mass is 292 g/mol. The van der Waals surface area contributed by atoms with Gasteiger partial charge in [0.25, 0.3) is 0 Å². The third-order valence-electron chi connectivity index (χ3n) is 2.93. The fourth-order valence-corrected chi connectivity index (χ4v) is 1.85. The molecule has 21 heavy (non-hydrogen) atoms. The molecule has 0 heterocycles. The molecule has 0 bridgehead atoms. The van der Waals surface area contributed by atoms with Crippen molar-refractivity contribution in [2.24, 2.45) is 5.84 Å². The number of rotatable bonds is 5. The van der Waals surface area contributed by atoms with Gasteiger partial charge in [-0.05, 0) is 23.3 Å². The van der Waals surface area contributed by atoms with Crippen LogP contribution >= 0.6 is 0 Å². The fourth-order valence-electron chi connectivity index (χ4n) is 1.85. The topological polar surface area (TPSA) is 64.3 Å². The average Bonchev–Trinajstić information content (AvgIpc) is 2.50. The first kappa shape index (κ1) is 14.9. The van der Waals surface area contributed by atoms with Crippen molar-refractivity contribution >= 4 is 5.91 Å². The van der Waals surface area contributed by atoms with E-state index in [1.165, 1.54) is 12.1 Å². The van der Waals surface area contributed by atoms with E-state index in [9.17, 15) is 13.6 Å². The molecule has 110 valence electrons. The lowest BCUT2D eigenvalue weighted by atomic mass is 10.1. The van der Waals surface area contributed by atoms with Crippen LogP contribution in [0.5, 0.6) is 5.75 Å². The summed E-state index contributed by atoms with van der Waals surface area (Å²) in [7, 11) is 0. The van der Waals surface area contributed by atoms with Gasteiger partial charge < -0.3 is 4.74 Å². The summed E-state index contributed by atoms with van der Waals surface area (Å²) in [6.07, 6.45) is 0.0850. The van der Waals surface area contributed by atoms with Gasteiger partial charge in [-0.2, -0.15) is 4.39 Å². The normalized spacial score (nSPS) is 10.2. The fraction of sp³-hybridized carbons (Fsp3) is 0.133. The van der Waals surface area contributed by atoms with E-state index in [1.54, 1.807) is 24.3 Å². The van der Waals surface area contributed by atoms with Crippen LogP contribution in [0.4, 0.5) is 8.78 Å². The Bertz CT molecular complexity index is 647. The van der Waals surface area contributed by atoms with Crippen molar-refractivity contribution in [3.63, 3.8) is 0 Å². The number of ether oxygens (including phenoxy) is 1. The van der Waals surface area contributed by atoms with E-state index < -0.39 is 11.6 Å². The zero-order valence-corrected chi connectivity index (χ0v) is 11.1. The number of hydrazine groups is 1. The number of halogens is 2. The third-order valence-corrected chi connectivity index (χ3v) is 2.93. The molecule has 0 aliphatic rings. The Kier molecular flexibility index (Phi) is 4.84. The molecule has 0 radical (unpaired) electrons. The number of nitrogens with one attached hydrogen (secondary N) is 1. The molecule has 0 aliphatic heterocycles. The Morgan fingerprint density at radius 3 is 2.52 bits per heavy atom. The van der Waals surface area contributed by atoms with Crippen LogP contribution in [-0.2, 0) is 17.8 Å². The molecule has 0 fully saturated rings. The van der Waals surface area contributed by atoms with Crippen LogP contribution in [0.15, 0.2) is 42.5 Å². The molecular formula is C15H14F2N2O2. The summed E-state index contributed by atoms with van der Waals surface area (Å²) in [5.41, 5.74) is 3.45. The maximum absolute atomic E-state index is 13.5. The summed E-state index contributed by atoms with van der Waals surface area (Å²) < 4.78 is 31.9. The summed E-state index contributed by atoms with van der Waals surface area (Å²) >= 11 is 0. The number of hydrogen-bond donors (Lipinski definition) is 2. The molecule has 2 aromatic carbocycles. The van der Waals surface area contributed by atoms with Crippen LogP contribution in [0.1, 0.15) is 11.1 Å². The largest absolute Gasteiger partial charge is 0.486 e. The lowest BCUT2D eigenvalue weighted by Crippen LogP contribution is -2.31. The summed E-state index contributed by atoms with van der Waals surface area (Å²) in [5, 5.41) is 0. The lowest BCUT2D eigenvalue weighted by Gasteiger charge is -2.11. The SMILES string of the molecule is NNC(=O)Cc1ccccc1COc1cccc(F)c1F. The van der Waals surface area contributed by atoms with E-state index in [0.717, 1.165) is 6.07 Å². The maximum atomic E-state index is 13.5. The first-order valence-corrected chi connectivity index (χ1v) is 6.25. The van der Waals surface area contributed by atoms with E-state index in [1.807, 2.05) is 5.43 Å². The smallest absolute Gasteiger partial charge is 0.238 e. The average molecular weight is 292 g/mol. The minimum absolute atomic E-state index is 0.0222. The van der Waals surface area contributed by atoms with E-state index in [-0.39, 0.29) is 24.7 Å². The van der Waals surface area contributed by atoms with Gasteiger partial charge in [-0.3, -0.25) is 10.2 Å².